The molecule has 0 unspecified atom stereocenters. The Kier molecular flexibility index (Phi) is 5.55. The Morgan fingerprint density at radius 3 is 2.57 bits per heavy atom. The van der Waals surface area contributed by atoms with Crippen LogP contribution in [-0.4, -0.2) is 20.7 Å². The Labute approximate surface area is 163 Å². The molecule has 2 N–H and O–H groups in total. The number of hydrogen-bond donors (Lipinski definition) is 2. The molecule has 146 valence electrons. The fraction of sp³-hybridized carbons (Fsp3) is 0.167. The van der Waals surface area contributed by atoms with Gasteiger partial charge in [0.15, 0.2) is 0 Å². The summed E-state index contributed by atoms with van der Waals surface area (Å²) in [4.78, 5) is 16.6. The van der Waals surface area contributed by atoms with Crippen LogP contribution in [0.5, 0.6) is 0 Å². The second kappa shape index (κ2) is 7.89. The number of carbonyl (C=O) groups excluding carboxylic acids is 1. The molecule has 1 aromatic carbocycles. The highest BCUT2D eigenvalue weighted by Gasteiger charge is 2.33. The van der Waals surface area contributed by atoms with E-state index in [0.717, 1.165) is 23.8 Å². The first-order chi connectivity index (χ1) is 13.3. The first-order valence-electron chi connectivity index (χ1n) is 8.08. The van der Waals surface area contributed by atoms with E-state index in [-0.39, 0.29) is 11.4 Å². The zero-order valence-corrected chi connectivity index (χ0v) is 15.3. The lowest BCUT2D eigenvalue weighted by molar-refractivity contribution is -0.137. The topological polar surface area (TPSA) is 71.8 Å². The fourth-order valence-corrected chi connectivity index (χ4v) is 2.83. The Morgan fingerprint density at radius 1 is 1.21 bits per heavy atom. The lowest BCUT2D eigenvalue weighted by atomic mass is 10.2. The normalized spacial score (nSPS) is 11.3. The molecule has 3 aromatic rings. The SMILES string of the molecule is Cn1ncc(NCc2ccncc2)c1C(=O)Nc1ccc(C(F)(F)F)c(Cl)c1. The summed E-state index contributed by atoms with van der Waals surface area (Å²) in [6.45, 7) is 0.445. The van der Waals surface area contributed by atoms with Crippen LogP contribution in [0.15, 0.2) is 48.9 Å². The van der Waals surface area contributed by atoms with Gasteiger partial charge in [0.2, 0.25) is 0 Å². The van der Waals surface area contributed by atoms with Crippen LogP contribution in [0.1, 0.15) is 21.6 Å². The fourth-order valence-electron chi connectivity index (χ4n) is 2.55. The van der Waals surface area contributed by atoms with Gasteiger partial charge in [0.1, 0.15) is 5.69 Å². The van der Waals surface area contributed by atoms with Crippen molar-refractivity contribution in [2.24, 2.45) is 7.05 Å². The lowest BCUT2D eigenvalue weighted by Crippen LogP contribution is -2.18. The summed E-state index contributed by atoms with van der Waals surface area (Å²) in [5.41, 5.74) is 0.844. The summed E-state index contributed by atoms with van der Waals surface area (Å²) in [7, 11) is 1.59. The molecule has 0 radical (unpaired) electrons. The zero-order chi connectivity index (χ0) is 20.3. The number of aryl methyl sites for hydroxylation is 1. The third kappa shape index (κ3) is 4.42. The van der Waals surface area contributed by atoms with Gasteiger partial charge < -0.3 is 10.6 Å². The number of halogens is 4. The van der Waals surface area contributed by atoms with Crippen LogP contribution in [0.4, 0.5) is 24.5 Å². The van der Waals surface area contributed by atoms with Gasteiger partial charge in [0.05, 0.1) is 22.5 Å². The number of nitrogens with zero attached hydrogens (tertiary/aromatic N) is 3. The van der Waals surface area contributed by atoms with Crippen molar-refractivity contribution in [2.45, 2.75) is 12.7 Å². The van der Waals surface area contributed by atoms with Gasteiger partial charge in [-0.25, -0.2) is 0 Å². The number of alkyl halides is 3. The molecule has 0 aliphatic rings. The van der Waals surface area contributed by atoms with E-state index in [1.807, 2.05) is 12.1 Å². The van der Waals surface area contributed by atoms with E-state index in [1.165, 1.54) is 10.9 Å². The van der Waals surface area contributed by atoms with Crippen molar-refractivity contribution in [3.05, 3.63) is 70.8 Å². The molecule has 0 bridgehead atoms. The van der Waals surface area contributed by atoms with Gasteiger partial charge in [-0.15, -0.1) is 0 Å². The van der Waals surface area contributed by atoms with Crippen molar-refractivity contribution in [2.75, 3.05) is 10.6 Å². The van der Waals surface area contributed by atoms with Crippen molar-refractivity contribution in [3.63, 3.8) is 0 Å². The molecule has 0 atom stereocenters. The van der Waals surface area contributed by atoms with E-state index in [0.29, 0.717) is 12.2 Å². The van der Waals surface area contributed by atoms with Crippen LogP contribution in [0.3, 0.4) is 0 Å². The molecule has 10 heteroatoms. The predicted octanol–water partition coefficient (Wildman–Crippen LogP) is 4.35. The van der Waals surface area contributed by atoms with Crippen molar-refractivity contribution < 1.29 is 18.0 Å². The van der Waals surface area contributed by atoms with E-state index in [9.17, 15) is 18.0 Å². The number of rotatable bonds is 5. The van der Waals surface area contributed by atoms with E-state index in [1.54, 1.807) is 19.4 Å². The van der Waals surface area contributed by atoms with E-state index < -0.39 is 22.7 Å². The molecule has 2 aromatic heterocycles. The second-order valence-electron chi connectivity index (χ2n) is 5.89. The second-order valence-corrected chi connectivity index (χ2v) is 6.29. The summed E-state index contributed by atoms with van der Waals surface area (Å²) < 4.78 is 39.8. The van der Waals surface area contributed by atoms with Crippen molar-refractivity contribution in [1.82, 2.24) is 14.8 Å². The molecular formula is C18H15ClF3N5O. The number of anilines is 2. The summed E-state index contributed by atoms with van der Waals surface area (Å²) in [5.74, 6) is -0.534. The predicted molar refractivity (Wildman–Crippen MR) is 99.2 cm³/mol. The number of nitrogens with one attached hydrogen (secondary N) is 2. The van der Waals surface area contributed by atoms with E-state index in [2.05, 4.69) is 20.7 Å². The maximum atomic E-state index is 12.8. The van der Waals surface area contributed by atoms with Crippen LogP contribution in [0.25, 0.3) is 0 Å². The van der Waals surface area contributed by atoms with Gasteiger partial charge in [0, 0.05) is 31.7 Å². The molecule has 0 fully saturated rings. The molecular weight excluding hydrogens is 395 g/mol. The van der Waals surface area contributed by atoms with Crippen LogP contribution >= 0.6 is 11.6 Å². The summed E-state index contributed by atoms with van der Waals surface area (Å²) in [6, 6.07) is 6.68. The number of amides is 1. The number of benzene rings is 1. The van der Waals surface area contributed by atoms with Crippen molar-refractivity contribution in [1.29, 1.82) is 0 Å². The molecule has 0 saturated heterocycles. The first-order valence-corrected chi connectivity index (χ1v) is 8.46. The standard InChI is InChI=1S/C18H15ClF3N5O/c1-27-16(15(10-25-27)24-9-11-4-6-23-7-5-11)17(28)26-12-2-3-13(14(19)8-12)18(20,21)22/h2-8,10,24H,9H2,1H3,(H,26,28). The van der Waals surface area contributed by atoms with Crippen LogP contribution in [-0.2, 0) is 19.8 Å². The number of carbonyl (C=O) groups is 1. The lowest BCUT2D eigenvalue weighted by Gasteiger charge is -2.12. The summed E-state index contributed by atoms with van der Waals surface area (Å²) in [5, 5.41) is 9.22. The van der Waals surface area contributed by atoms with Gasteiger partial charge in [0.25, 0.3) is 5.91 Å². The van der Waals surface area contributed by atoms with Crippen molar-refractivity contribution >= 4 is 28.9 Å². The van der Waals surface area contributed by atoms with E-state index >= 15 is 0 Å². The van der Waals surface area contributed by atoms with Gasteiger partial charge >= 0.3 is 6.18 Å². The maximum absolute atomic E-state index is 12.8. The van der Waals surface area contributed by atoms with Gasteiger partial charge in [-0.1, -0.05) is 11.6 Å². The molecule has 0 aliphatic carbocycles. The quantitative estimate of drug-likeness (QED) is 0.657. The van der Waals surface area contributed by atoms with Gasteiger partial charge in [-0.05, 0) is 35.9 Å². The highest BCUT2D eigenvalue weighted by Crippen LogP contribution is 2.36. The van der Waals surface area contributed by atoms with Crippen LogP contribution < -0.4 is 10.6 Å². The average molecular weight is 410 g/mol. The van der Waals surface area contributed by atoms with Crippen LogP contribution in [0.2, 0.25) is 5.02 Å². The smallest absolute Gasteiger partial charge is 0.378 e. The molecule has 0 saturated carbocycles. The Bertz CT molecular complexity index is 989. The summed E-state index contributed by atoms with van der Waals surface area (Å²) in [6.07, 6.45) is 0.242. The number of aromatic nitrogens is 3. The van der Waals surface area contributed by atoms with Crippen LogP contribution in [0, 0.1) is 0 Å². The first kappa shape index (κ1) is 19.7. The minimum absolute atomic E-state index is 0.143. The highest BCUT2D eigenvalue weighted by atomic mass is 35.5. The minimum Gasteiger partial charge on any atom is -0.378 e. The Balaban J connectivity index is 1.76. The Morgan fingerprint density at radius 2 is 1.93 bits per heavy atom. The monoisotopic (exact) mass is 409 g/mol. The van der Waals surface area contributed by atoms with Gasteiger partial charge in [-0.3, -0.25) is 14.5 Å². The molecule has 0 aliphatic heterocycles. The number of hydrogen-bond acceptors (Lipinski definition) is 4. The third-order valence-electron chi connectivity index (χ3n) is 3.92. The number of pyridine rings is 1. The van der Waals surface area contributed by atoms with Crippen molar-refractivity contribution in [3.8, 4) is 0 Å². The maximum Gasteiger partial charge on any atom is 0.417 e. The molecule has 0 spiro atoms. The largest absolute Gasteiger partial charge is 0.417 e. The third-order valence-corrected chi connectivity index (χ3v) is 4.23. The molecule has 3 rings (SSSR count). The molecule has 6 nitrogen and oxygen atoms in total. The molecule has 1 amide bonds. The Hall–Kier alpha value is -3.07. The minimum atomic E-state index is -4.56. The molecule has 28 heavy (non-hydrogen) atoms. The zero-order valence-electron chi connectivity index (χ0n) is 14.6. The highest BCUT2D eigenvalue weighted by molar-refractivity contribution is 6.31. The molecule has 2 heterocycles. The average Bonchev–Trinajstić information content (AvgIpc) is 3.00. The summed E-state index contributed by atoms with van der Waals surface area (Å²) >= 11 is 5.70. The van der Waals surface area contributed by atoms with E-state index in [4.69, 9.17) is 11.6 Å². The van der Waals surface area contributed by atoms with Gasteiger partial charge in [-0.2, -0.15) is 18.3 Å².